The van der Waals surface area contributed by atoms with Gasteiger partial charge in [-0.15, -0.1) is 0 Å². The Morgan fingerprint density at radius 2 is 2.00 bits per heavy atom. The van der Waals surface area contributed by atoms with E-state index in [1.54, 1.807) is 0 Å². The third-order valence-electron chi connectivity index (χ3n) is 7.35. The van der Waals surface area contributed by atoms with E-state index in [9.17, 15) is 14.7 Å². The predicted molar refractivity (Wildman–Crippen MR) is 115 cm³/mol. The average molecular weight is 419 g/mol. The highest BCUT2D eigenvalue weighted by Crippen LogP contribution is 2.45. The summed E-state index contributed by atoms with van der Waals surface area (Å²) in [6.45, 7) is 10.3. The van der Waals surface area contributed by atoms with Gasteiger partial charge in [0.25, 0.3) is 0 Å². The molecule has 30 heavy (non-hydrogen) atoms. The molecule has 0 spiro atoms. The number of hydrogen-bond donors (Lipinski definition) is 1. The van der Waals surface area contributed by atoms with Gasteiger partial charge in [-0.1, -0.05) is 39.0 Å². The largest absolute Gasteiger partial charge is 0.462 e. The van der Waals surface area contributed by atoms with Gasteiger partial charge in [-0.2, -0.15) is 0 Å². The highest BCUT2D eigenvalue weighted by molar-refractivity contribution is 5.76. The number of carbonyl (C=O) groups is 2. The fourth-order valence-corrected chi connectivity index (χ4v) is 5.08. The summed E-state index contributed by atoms with van der Waals surface area (Å²) in [7, 11) is 0. The van der Waals surface area contributed by atoms with Crippen molar-refractivity contribution in [3.63, 3.8) is 0 Å². The lowest BCUT2D eigenvalue weighted by molar-refractivity contribution is -0.166. The van der Waals surface area contributed by atoms with E-state index < -0.39 is 11.5 Å². The Kier molecular flexibility index (Phi) is 7.11. The highest BCUT2D eigenvalue weighted by Gasteiger charge is 2.43. The molecule has 1 fully saturated rings. The van der Waals surface area contributed by atoms with Crippen molar-refractivity contribution < 1.29 is 24.2 Å². The van der Waals surface area contributed by atoms with Crippen molar-refractivity contribution in [1.29, 1.82) is 0 Å². The van der Waals surface area contributed by atoms with Crippen LogP contribution in [0.1, 0.15) is 73.1 Å². The maximum Gasteiger partial charge on any atom is 0.311 e. The van der Waals surface area contributed by atoms with E-state index in [4.69, 9.17) is 9.47 Å². The Morgan fingerprint density at radius 3 is 2.67 bits per heavy atom. The molecule has 1 heterocycles. The topological polar surface area (TPSA) is 72.8 Å². The molecule has 1 N–H and O–H groups in total. The first kappa shape index (κ1) is 23.1. The average Bonchev–Trinajstić information content (AvgIpc) is 2.66. The van der Waals surface area contributed by atoms with Gasteiger partial charge in [0.05, 0.1) is 17.9 Å². The number of carbonyl (C=O) groups excluding carboxylic acids is 2. The quantitative estimate of drug-likeness (QED) is 0.639. The highest BCUT2D eigenvalue weighted by atomic mass is 16.6. The number of rotatable bonds is 6. The second-order valence-electron chi connectivity index (χ2n) is 10.3. The van der Waals surface area contributed by atoms with Crippen LogP contribution in [0.3, 0.4) is 0 Å². The SMILES string of the molecule is CCC(C)(C)C(=O)O[C@H]1C[C@@H](C)C=C2C=C[C@H](C)[C@H](CC[C@@H]3C[C@H](O)CC(=O)O3)[C@H]21. The number of allylic oxidation sites excluding steroid dienone is 3. The molecule has 0 amide bonds. The molecule has 0 aromatic carbocycles. The maximum absolute atomic E-state index is 12.9. The van der Waals surface area contributed by atoms with Gasteiger partial charge < -0.3 is 14.6 Å². The number of fused-ring (bicyclic) bond motifs is 1. The number of esters is 2. The lowest BCUT2D eigenvalue weighted by Crippen LogP contribution is -2.43. The standard InChI is InChI=1S/C25H38O5/c1-6-25(4,5)24(28)30-21-12-15(2)11-17-8-7-16(3)20(23(17)21)10-9-19-13-18(26)14-22(27)29-19/h7-8,11,15-16,18-21,23,26H,6,9-10,12-14H2,1-5H3/t15-,16-,18-,19+,20-,21-,23-/m0/s1. The number of hydrogen-bond acceptors (Lipinski definition) is 5. The summed E-state index contributed by atoms with van der Waals surface area (Å²) >= 11 is 0. The third-order valence-corrected chi connectivity index (χ3v) is 7.35. The fraction of sp³-hybridized carbons (Fsp3) is 0.760. The van der Waals surface area contributed by atoms with Crippen LogP contribution in [0.2, 0.25) is 0 Å². The zero-order valence-corrected chi connectivity index (χ0v) is 19.1. The Bertz CT molecular complexity index is 706. The maximum atomic E-state index is 12.9. The zero-order chi connectivity index (χ0) is 22.1. The molecule has 3 aliphatic rings. The zero-order valence-electron chi connectivity index (χ0n) is 19.1. The van der Waals surface area contributed by atoms with Gasteiger partial charge in [0.2, 0.25) is 0 Å². The molecule has 5 nitrogen and oxygen atoms in total. The molecule has 7 atom stereocenters. The summed E-state index contributed by atoms with van der Waals surface area (Å²) in [6, 6.07) is 0. The van der Waals surface area contributed by atoms with Crippen LogP contribution < -0.4 is 0 Å². The molecule has 5 heteroatoms. The van der Waals surface area contributed by atoms with E-state index in [0.29, 0.717) is 24.2 Å². The van der Waals surface area contributed by atoms with Crippen molar-refractivity contribution in [2.45, 2.75) is 91.5 Å². The smallest absolute Gasteiger partial charge is 0.311 e. The number of aliphatic hydroxyl groups excluding tert-OH is 1. The second kappa shape index (κ2) is 9.25. The Labute approximate surface area is 180 Å². The molecule has 0 radical (unpaired) electrons. The van der Waals surface area contributed by atoms with E-state index in [1.165, 1.54) is 5.57 Å². The molecular formula is C25H38O5. The predicted octanol–water partition coefficient (Wildman–Crippen LogP) is 4.59. The number of cyclic esters (lactones) is 1. The van der Waals surface area contributed by atoms with Crippen molar-refractivity contribution in [3.05, 3.63) is 23.8 Å². The van der Waals surface area contributed by atoms with E-state index in [0.717, 1.165) is 25.7 Å². The first-order chi connectivity index (χ1) is 14.1. The molecule has 1 aliphatic heterocycles. The van der Waals surface area contributed by atoms with Gasteiger partial charge in [0.15, 0.2) is 0 Å². The van der Waals surface area contributed by atoms with E-state index in [-0.39, 0.29) is 36.5 Å². The van der Waals surface area contributed by atoms with Crippen LogP contribution in [0, 0.1) is 29.1 Å². The number of ether oxygens (including phenoxy) is 2. The summed E-state index contributed by atoms with van der Waals surface area (Å²) in [5.74, 6) is 0.776. The molecule has 2 aliphatic carbocycles. The summed E-state index contributed by atoms with van der Waals surface area (Å²) in [6.07, 6.45) is 9.61. The summed E-state index contributed by atoms with van der Waals surface area (Å²) < 4.78 is 11.6. The van der Waals surface area contributed by atoms with Crippen molar-refractivity contribution in [2.75, 3.05) is 0 Å². The lowest BCUT2D eigenvalue weighted by Gasteiger charge is -2.44. The molecule has 0 unspecified atom stereocenters. The first-order valence-corrected chi connectivity index (χ1v) is 11.6. The van der Waals surface area contributed by atoms with Gasteiger partial charge in [-0.25, -0.2) is 0 Å². The normalized spacial score (nSPS) is 36.5. The molecule has 1 saturated heterocycles. The molecule has 0 aromatic rings. The molecule has 0 bridgehead atoms. The van der Waals surface area contributed by atoms with Gasteiger partial charge in [-0.05, 0) is 62.9 Å². The van der Waals surface area contributed by atoms with Crippen molar-refractivity contribution >= 4 is 11.9 Å². The summed E-state index contributed by atoms with van der Waals surface area (Å²) in [5.41, 5.74) is 0.785. The van der Waals surface area contributed by atoms with Crippen LogP contribution in [-0.4, -0.2) is 35.4 Å². The minimum atomic E-state index is -0.601. The number of aliphatic hydroxyl groups is 1. The molecule has 168 valence electrons. The Morgan fingerprint density at radius 1 is 1.27 bits per heavy atom. The van der Waals surface area contributed by atoms with Gasteiger partial charge in [-0.3, -0.25) is 9.59 Å². The van der Waals surface area contributed by atoms with Crippen LogP contribution in [0.25, 0.3) is 0 Å². The van der Waals surface area contributed by atoms with E-state index >= 15 is 0 Å². The van der Waals surface area contributed by atoms with Crippen molar-refractivity contribution in [2.24, 2.45) is 29.1 Å². The minimum absolute atomic E-state index is 0.0949. The second-order valence-corrected chi connectivity index (χ2v) is 10.3. The van der Waals surface area contributed by atoms with E-state index in [2.05, 4.69) is 32.1 Å². The first-order valence-electron chi connectivity index (χ1n) is 11.6. The lowest BCUT2D eigenvalue weighted by atomic mass is 9.65. The fourth-order valence-electron chi connectivity index (χ4n) is 5.08. The van der Waals surface area contributed by atoms with Crippen LogP contribution in [-0.2, 0) is 19.1 Å². The van der Waals surface area contributed by atoms with Gasteiger partial charge >= 0.3 is 11.9 Å². The van der Waals surface area contributed by atoms with Crippen LogP contribution in [0.4, 0.5) is 0 Å². The van der Waals surface area contributed by atoms with Crippen molar-refractivity contribution in [1.82, 2.24) is 0 Å². The van der Waals surface area contributed by atoms with Crippen molar-refractivity contribution in [3.8, 4) is 0 Å². The van der Waals surface area contributed by atoms with Crippen LogP contribution in [0.5, 0.6) is 0 Å². The molecule has 0 aromatic heterocycles. The van der Waals surface area contributed by atoms with Crippen LogP contribution in [0.15, 0.2) is 23.8 Å². The molecular weight excluding hydrogens is 380 g/mol. The Hall–Kier alpha value is -1.62. The minimum Gasteiger partial charge on any atom is -0.462 e. The third kappa shape index (κ3) is 5.16. The van der Waals surface area contributed by atoms with Gasteiger partial charge in [0.1, 0.15) is 12.2 Å². The van der Waals surface area contributed by atoms with Crippen LogP contribution >= 0.6 is 0 Å². The summed E-state index contributed by atoms with van der Waals surface area (Å²) in [4.78, 5) is 24.6. The summed E-state index contributed by atoms with van der Waals surface area (Å²) in [5, 5.41) is 9.92. The van der Waals surface area contributed by atoms with Gasteiger partial charge in [0, 0.05) is 12.3 Å². The van der Waals surface area contributed by atoms with E-state index in [1.807, 2.05) is 20.8 Å². The molecule has 3 rings (SSSR count). The monoisotopic (exact) mass is 418 g/mol. The Balaban J connectivity index is 1.76. The molecule has 0 saturated carbocycles.